The third-order valence-electron chi connectivity index (χ3n) is 6.36. The van der Waals surface area contributed by atoms with E-state index in [0.29, 0.717) is 18.6 Å². The van der Waals surface area contributed by atoms with Crippen molar-refractivity contribution in [3.05, 3.63) is 47.8 Å². The third-order valence-corrected chi connectivity index (χ3v) is 6.36. The molecule has 3 aliphatic heterocycles. The van der Waals surface area contributed by atoms with Gasteiger partial charge < -0.3 is 15.2 Å². The minimum Gasteiger partial charge on any atom is -0.487 e. The maximum atomic E-state index is 15.0. The number of ether oxygens (including phenoxy) is 2. The number of likely N-dealkylation sites (N-methyl/N-ethyl adjacent to an activating group) is 1. The molecule has 2 aromatic rings. The summed E-state index contributed by atoms with van der Waals surface area (Å²) in [5.41, 5.74) is 3.53. The van der Waals surface area contributed by atoms with Crippen molar-refractivity contribution in [2.24, 2.45) is 10.7 Å². The average Bonchev–Trinajstić information content (AvgIpc) is 2.95. The Labute approximate surface area is 171 Å². The lowest BCUT2D eigenvalue weighted by Crippen LogP contribution is -2.67. The molecule has 0 aliphatic carbocycles. The van der Waals surface area contributed by atoms with Gasteiger partial charge in [0.1, 0.15) is 23.3 Å². The summed E-state index contributed by atoms with van der Waals surface area (Å²) in [5.74, 6) is -1.71. The highest BCUT2D eigenvalue weighted by atomic mass is 19.1. The zero-order valence-corrected chi connectivity index (χ0v) is 16.5. The highest BCUT2D eigenvalue weighted by Crippen LogP contribution is 2.55. The quantitative estimate of drug-likeness (QED) is 0.724. The number of carbonyl (C=O) groups excluding carboxylic acids is 1. The van der Waals surface area contributed by atoms with Gasteiger partial charge in [-0.25, -0.2) is 14.4 Å². The fourth-order valence-corrected chi connectivity index (χ4v) is 4.72. The van der Waals surface area contributed by atoms with Crippen molar-refractivity contribution in [1.82, 2.24) is 9.88 Å². The van der Waals surface area contributed by atoms with Crippen LogP contribution in [0.3, 0.4) is 0 Å². The van der Waals surface area contributed by atoms with Gasteiger partial charge in [0.15, 0.2) is 5.96 Å². The van der Waals surface area contributed by atoms with Crippen LogP contribution in [-0.4, -0.2) is 47.1 Å². The Kier molecular flexibility index (Phi) is 3.92. The van der Waals surface area contributed by atoms with E-state index in [4.69, 9.17) is 15.2 Å². The molecule has 5 rings (SSSR count). The molecule has 1 aromatic carbocycles. The Balaban J connectivity index is 1.82. The van der Waals surface area contributed by atoms with E-state index in [1.165, 1.54) is 42.4 Å². The van der Waals surface area contributed by atoms with Gasteiger partial charge in [0.25, 0.3) is 5.91 Å². The molecule has 1 aromatic heterocycles. The standard InChI is InChI=1S/C21H20F2N4O3/c1-20-16(6-4-8-29-20)30-15-10-14(22)12(11-5-3-7-25-17(11)23)9-13(15)21(20)18(28)27(2)19(24)26-21/h3,5,7,9-10,16H,4,6,8H2,1-2H3,(H2,24,26)/t16-,20-,21+/m0/s1. The molecule has 0 unspecified atom stereocenters. The number of amides is 1. The van der Waals surface area contributed by atoms with E-state index in [0.717, 1.165) is 6.42 Å². The number of nitrogens with two attached hydrogens (primary N) is 1. The van der Waals surface area contributed by atoms with Crippen molar-refractivity contribution >= 4 is 11.9 Å². The summed E-state index contributed by atoms with van der Waals surface area (Å²) in [6.07, 6.45) is 2.11. The Hall–Kier alpha value is -3.07. The molecular formula is C21H20F2N4O3. The van der Waals surface area contributed by atoms with E-state index in [-0.39, 0.29) is 22.8 Å². The fourth-order valence-electron chi connectivity index (χ4n) is 4.72. The Morgan fingerprint density at radius 3 is 2.80 bits per heavy atom. The highest BCUT2D eigenvalue weighted by Gasteiger charge is 2.68. The molecule has 0 radical (unpaired) electrons. The van der Waals surface area contributed by atoms with Gasteiger partial charge in [-0.1, -0.05) is 0 Å². The summed E-state index contributed by atoms with van der Waals surface area (Å²) >= 11 is 0. The second kappa shape index (κ2) is 6.21. The summed E-state index contributed by atoms with van der Waals surface area (Å²) in [6.45, 7) is 2.19. The van der Waals surface area contributed by atoms with Crippen LogP contribution in [0.25, 0.3) is 11.1 Å². The summed E-state index contributed by atoms with van der Waals surface area (Å²) in [4.78, 5) is 22.9. The molecule has 1 saturated heterocycles. The number of guanidine groups is 1. The zero-order valence-electron chi connectivity index (χ0n) is 16.5. The average molecular weight is 414 g/mol. The smallest absolute Gasteiger partial charge is 0.265 e. The number of hydrogen-bond donors (Lipinski definition) is 1. The lowest BCUT2D eigenvalue weighted by Gasteiger charge is -2.52. The van der Waals surface area contributed by atoms with Gasteiger partial charge in [-0.3, -0.25) is 9.69 Å². The highest BCUT2D eigenvalue weighted by molar-refractivity contribution is 6.08. The van der Waals surface area contributed by atoms with E-state index < -0.39 is 34.9 Å². The van der Waals surface area contributed by atoms with Crippen molar-refractivity contribution in [2.45, 2.75) is 37.0 Å². The number of nitrogens with zero attached hydrogens (tertiary/aromatic N) is 3. The van der Waals surface area contributed by atoms with Crippen LogP contribution in [-0.2, 0) is 15.1 Å². The van der Waals surface area contributed by atoms with E-state index in [9.17, 15) is 9.18 Å². The first kappa shape index (κ1) is 18.9. The maximum absolute atomic E-state index is 15.0. The number of pyridine rings is 1. The topological polar surface area (TPSA) is 90.0 Å². The van der Waals surface area contributed by atoms with Gasteiger partial charge in [0, 0.05) is 42.6 Å². The van der Waals surface area contributed by atoms with Crippen molar-refractivity contribution in [3.63, 3.8) is 0 Å². The maximum Gasteiger partial charge on any atom is 0.265 e. The minimum atomic E-state index is -1.56. The molecular weight excluding hydrogens is 394 g/mol. The molecule has 30 heavy (non-hydrogen) atoms. The number of halogens is 2. The Morgan fingerprint density at radius 2 is 2.10 bits per heavy atom. The number of rotatable bonds is 1. The molecule has 2 N–H and O–H groups in total. The van der Waals surface area contributed by atoms with Crippen LogP contribution in [0.4, 0.5) is 8.78 Å². The van der Waals surface area contributed by atoms with E-state index >= 15 is 4.39 Å². The van der Waals surface area contributed by atoms with Crippen molar-refractivity contribution in [3.8, 4) is 16.9 Å². The van der Waals surface area contributed by atoms with Gasteiger partial charge in [0.05, 0.1) is 0 Å². The molecule has 7 nitrogen and oxygen atoms in total. The Morgan fingerprint density at radius 1 is 1.30 bits per heavy atom. The van der Waals surface area contributed by atoms with Crippen molar-refractivity contribution in [2.75, 3.05) is 13.7 Å². The predicted octanol–water partition coefficient (Wildman–Crippen LogP) is 2.34. The first-order chi connectivity index (χ1) is 14.3. The largest absolute Gasteiger partial charge is 0.487 e. The molecule has 1 spiro atoms. The second-order valence-electron chi connectivity index (χ2n) is 7.92. The van der Waals surface area contributed by atoms with Gasteiger partial charge >= 0.3 is 0 Å². The van der Waals surface area contributed by atoms with Crippen LogP contribution in [0.1, 0.15) is 25.3 Å². The number of fused-ring (bicyclic) bond motifs is 4. The molecule has 3 atom stereocenters. The van der Waals surface area contributed by atoms with Crippen LogP contribution < -0.4 is 10.5 Å². The monoisotopic (exact) mass is 414 g/mol. The summed E-state index contributed by atoms with van der Waals surface area (Å²) in [5, 5.41) is 0. The fraction of sp³-hybridized carbons (Fsp3) is 0.381. The molecule has 0 bridgehead atoms. The van der Waals surface area contributed by atoms with Gasteiger partial charge in [-0.15, -0.1) is 0 Å². The molecule has 4 heterocycles. The third kappa shape index (κ3) is 2.23. The SMILES string of the molecule is CN1C(=O)[C@]2(N=C1N)c1cc(-c3cccnc3F)c(F)cc1O[C@H]1CCCO[C@@]12C. The first-order valence-corrected chi connectivity index (χ1v) is 9.68. The van der Waals surface area contributed by atoms with Crippen molar-refractivity contribution in [1.29, 1.82) is 0 Å². The normalized spacial score (nSPS) is 30.0. The first-order valence-electron chi connectivity index (χ1n) is 9.68. The number of benzene rings is 1. The second-order valence-corrected chi connectivity index (χ2v) is 7.92. The van der Waals surface area contributed by atoms with Crippen LogP contribution in [0.5, 0.6) is 5.75 Å². The minimum absolute atomic E-state index is 0.0273. The zero-order chi connectivity index (χ0) is 21.3. The van der Waals surface area contributed by atoms with E-state index in [1.807, 2.05) is 0 Å². The number of aromatic nitrogens is 1. The number of carbonyl (C=O) groups is 1. The predicted molar refractivity (Wildman–Crippen MR) is 104 cm³/mol. The number of hydrogen-bond acceptors (Lipinski definition) is 6. The Bertz CT molecular complexity index is 1110. The van der Waals surface area contributed by atoms with Gasteiger partial charge in [-0.05, 0) is 38.0 Å². The van der Waals surface area contributed by atoms with Crippen LogP contribution in [0, 0.1) is 11.8 Å². The molecule has 0 saturated carbocycles. The van der Waals surface area contributed by atoms with Gasteiger partial charge in [-0.2, -0.15) is 4.39 Å². The molecule has 9 heteroatoms. The molecule has 3 aliphatic rings. The molecule has 1 amide bonds. The van der Waals surface area contributed by atoms with Crippen LogP contribution >= 0.6 is 0 Å². The van der Waals surface area contributed by atoms with E-state index in [1.54, 1.807) is 6.92 Å². The lowest BCUT2D eigenvalue weighted by molar-refractivity contribution is -0.191. The van der Waals surface area contributed by atoms with Gasteiger partial charge in [0.2, 0.25) is 11.5 Å². The summed E-state index contributed by atoms with van der Waals surface area (Å²) < 4.78 is 41.6. The molecule has 1 fully saturated rings. The number of aliphatic imine (C=N–C) groups is 1. The summed E-state index contributed by atoms with van der Waals surface area (Å²) in [6, 6.07) is 5.50. The van der Waals surface area contributed by atoms with Crippen LogP contribution in [0.15, 0.2) is 35.5 Å². The summed E-state index contributed by atoms with van der Waals surface area (Å²) in [7, 11) is 1.53. The van der Waals surface area contributed by atoms with E-state index in [2.05, 4.69) is 9.98 Å². The lowest BCUT2D eigenvalue weighted by atomic mass is 9.68. The molecule has 156 valence electrons. The van der Waals surface area contributed by atoms with Crippen LogP contribution in [0.2, 0.25) is 0 Å². The van der Waals surface area contributed by atoms with Crippen molar-refractivity contribution < 1.29 is 23.0 Å².